The van der Waals surface area contributed by atoms with E-state index in [0.717, 1.165) is 11.1 Å². The second-order valence-electron chi connectivity index (χ2n) is 8.00. The molecule has 1 aromatic heterocycles. The molecule has 2 aromatic carbocycles. The first-order valence-corrected chi connectivity index (χ1v) is 11.7. The van der Waals surface area contributed by atoms with E-state index >= 15 is 0 Å². The molecule has 3 aromatic rings. The van der Waals surface area contributed by atoms with Crippen LogP contribution in [0.4, 0.5) is 4.39 Å². The lowest BCUT2D eigenvalue weighted by molar-refractivity contribution is 0.0790. The van der Waals surface area contributed by atoms with Gasteiger partial charge in [-0.25, -0.2) is 9.49 Å². The van der Waals surface area contributed by atoms with Gasteiger partial charge in [-0.2, -0.15) is 15.7 Å². The van der Waals surface area contributed by atoms with Crippen LogP contribution in [0.1, 0.15) is 21.6 Å². The summed E-state index contributed by atoms with van der Waals surface area (Å²) in [4.78, 5) is 26.5. The van der Waals surface area contributed by atoms with Crippen LogP contribution in [0.25, 0.3) is 10.8 Å². The van der Waals surface area contributed by atoms with Gasteiger partial charge in [0.15, 0.2) is 0 Å². The number of nitrogens with zero attached hydrogens (tertiary/aromatic N) is 2. The van der Waals surface area contributed by atoms with Crippen molar-refractivity contribution in [1.29, 1.82) is 0 Å². The zero-order valence-electron chi connectivity index (χ0n) is 16.5. The third-order valence-corrected chi connectivity index (χ3v) is 7.39. The molecule has 0 atom stereocenters. The van der Waals surface area contributed by atoms with E-state index in [2.05, 4.69) is 10.2 Å². The molecule has 2 aliphatic heterocycles. The van der Waals surface area contributed by atoms with E-state index in [1.165, 1.54) is 17.0 Å². The number of rotatable bonds is 3. The molecule has 0 saturated carbocycles. The average Bonchev–Trinajstić information content (AvgIpc) is 3.25. The number of hydrogen-bond donors (Lipinski definition) is 3. The van der Waals surface area contributed by atoms with Crippen molar-refractivity contribution in [3.05, 3.63) is 86.6 Å². The van der Waals surface area contributed by atoms with Crippen LogP contribution in [0.15, 0.2) is 58.4 Å². The molecule has 0 fully saturated rings. The summed E-state index contributed by atoms with van der Waals surface area (Å²) < 4.78 is 34.3. The van der Waals surface area contributed by atoms with Crippen molar-refractivity contribution in [1.82, 2.24) is 15.1 Å². The Labute approximate surface area is 178 Å². The predicted octanol–water partition coefficient (Wildman–Crippen LogP) is 3.17. The van der Waals surface area contributed by atoms with Gasteiger partial charge in [0.2, 0.25) is 0 Å². The number of carbonyl (C=O) groups excluding carboxylic acids is 1. The summed E-state index contributed by atoms with van der Waals surface area (Å²) in [6.45, 7) is 0.583. The first kappa shape index (κ1) is 19.9. The standard InChI is InChI=1S/C22H20FN3O4S/c23-19-6-5-13(8-20-16-3-1-2-4-17(16)21(27)25-24-20)7-18(19)22(28)26-9-14-11-31(29,30)12-15(14)10-26/h1-7,29-30H,8-12H2,(H,25,27). The van der Waals surface area contributed by atoms with Crippen LogP contribution in [0.2, 0.25) is 0 Å². The van der Waals surface area contributed by atoms with E-state index in [9.17, 15) is 23.1 Å². The number of H-pyrrole nitrogens is 1. The van der Waals surface area contributed by atoms with Gasteiger partial charge in [-0.1, -0.05) is 24.3 Å². The van der Waals surface area contributed by atoms with Crippen LogP contribution in [0.5, 0.6) is 0 Å². The van der Waals surface area contributed by atoms with Crippen LogP contribution in [-0.4, -0.2) is 54.7 Å². The normalized spacial score (nSPS) is 18.5. The first-order valence-electron chi connectivity index (χ1n) is 9.78. The smallest absolute Gasteiger partial charge is 0.272 e. The Kier molecular flexibility index (Phi) is 4.69. The molecule has 7 nitrogen and oxygen atoms in total. The molecule has 0 aliphatic carbocycles. The Morgan fingerprint density at radius 1 is 1.10 bits per heavy atom. The van der Waals surface area contributed by atoms with Crippen molar-refractivity contribution in [2.75, 3.05) is 24.6 Å². The molecule has 0 radical (unpaired) electrons. The fraction of sp³-hybridized carbons (Fsp3) is 0.227. The maximum atomic E-state index is 14.5. The van der Waals surface area contributed by atoms with Gasteiger partial charge in [-0.05, 0) is 34.9 Å². The number of carbonyl (C=O) groups is 1. The number of nitrogens with one attached hydrogen (secondary N) is 1. The molecule has 0 spiro atoms. The van der Waals surface area contributed by atoms with Crippen LogP contribution in [-0.2, 0) is 6.42 Å². The topological polar surface area (TPSA) is 107 Å². The van der Waals surface area contributed by atoms with Crippen LogP contribution >= 0.6 is 10.6 Å². The predicted molar refractivity (Wildman–Crippen MR) is 117 cm³/mol. The Balaban J connectivity index is 1.40. The minimum atomic E-state index is -2.61. The Bertz CT molecular complexity index is 1300. The Hall–Kier alpha value is -3.01. The van der Waals surface area contributed by atoms with Gasteiger partial charge in [-0.3, -0.25) is 18.7 Å². The highest BCUT2D eigenvalue weighted by Crippen LogP contribution is 2.50. The van der Waals surface area contributed by atoms with E-state index in [1.54, 1.807) is 18.2 Å². The van der Waals surface area contributed by atoms with Crippen LogP contribution in [0.3, 0.4) is 0 Å². The van der Waals surface area contributed by atoms with Crippen molar-refractivity contribution in [2.45, 2.75) is 6.42 Å². The van der Waals surface area contributed by atoms with Crippen molar-refractivity contribution in [3.63, 3.8) is 0 Å². The fourth-order valence-electron chi connectivity index (χ4n) is 4.30. The third-order valence-electron chi connectivity index (χ3n) is 5.77. The quantitative estimate of drug-likeness (QED) is 0.542. The lowest BCUT2D eigenvalue weighted by atomic mass is 10.0. The molecule has 0 bridgehead atoms. The molecular formula is C22H20FN3O4S. The number of aromatic nitrogens is 2. The van der Waals surface area contributed by atoms with E-state index in [-0.39, 0.29) is 22.6 Å². The SMILES string of the molecule is O=C(c1cc(Cc2n[nH]c(=O)c3ccccc23)ccc1F)N1CC2=C(C1)CS(O)(O)C2. The van der Waals surface area contributed by atoms with Gasteiger partial charge < -0.3 is 4.90 Å². The lowest BCUT2D eigenvalue weighted by Gasteiger charge is -2.29. The summed E-state index contributed by atoms with van der Waals surface area (Å²) in [7, 11) is -2.61. The molecule has 9 heteroatoms. The zero-order chi connectivity index (χ0) is 21.8. The highest BCUT2D eigenvalue weighted by atomic mass is 32.3. The molecule has 160 valence electrons. The van der Waals surface area contributed by atoms with Gasteiger partial charge in [0, 0.05) is 24.9 Å². The van der Waals surface area contributed by atoms with E-state index in [1.807, 2.05) is 12.1 Å². The van der Waals surface area contributed by atoms with E-state index in [0.29, 0.717) is 41.5 Å². The van der Waals surface area contributed by atoms with Gasteiger partial charge >= 0.3 is 0 Å². The fourth-order valence-corrected chi connectivity index (χ4v) is 6.11. The highest BCUT2D eigenvalue weighted by Gasteiger charge is 2.36. The maximum Gasteiger partial charge on any atom is 0.272 e. The molecule has 0 unspecified atom stereocenters. The maximum absolute atomic E-state index is 14.5. The van der Waals surface area contributed by atoms with Gasteiger partial charge in [-0.15, -0.1) is 0 Å². The monoisotopic (exact) mass is 441 g/mol. The molecule has 31 heavy (non-hydrogen) atoms. The van der Waals surface area contributed by atoms with Gasteiger partial charge in [0.05, 0.1) is 28.1 Å². The number of aromatic amines is 1. The van der Waals surface area contributed by atoms with Crippen molar-refractivity contribution in [2.24, 2.45) is 0 Å². The summed E-state index contributed by atoms with van der Waals surface area (Å²) in [5.41, 5.74) is 2.76. The van der Waals surface area contributed by atoms with Crippen LogP contribution in [0, 0.1) is 5.82 Å². The zero-order valence-corrected chi connectivity index (χ0v) is 17.3. The molecule has 3 heterocycles. The summed E-state index contributed by atoms with van der Waals surface area (Å²) in [5, 5.41) is 7.87. The van der Waals surface area contributed by atoms with E-state index < -0.39 is 22.3 Å². The number of hydrogen-bond acceptors (Lipinski definition) is 5. The average molecular weight is 441 g/mol. The third kappa shape index (κ3) is 3.65. The molecule has 0 saturated heterocycles. The van der Waals surface area contributed by atoms with Crippen LogP contribution < -0.4 is 5.56 Å². The minimum absolute atomic E-state index is 0.0287. The molecule has 3 N–H and O–H groups in total. The largest absolute Gasteiger partial charge is 0.330 e. The van der Waals surface area contributed by atoms with Crippen molar-refractivity contribution in [3.8, 4) is 0 Å². The molecule has 2 aliphatic rings. The molecular weight excluding hydrogens is 421 g/mol. The van der Waals surface area contributed by atoms with Gasteiger partial charge in [0.1, 0.15) is 5.82 Å². The Morgan fingerprint density at radius 3 is 2.48 bits per heavy atom. The second kappa shape index (κ2) is 7.30. The molecule has 5 rings (SSSR count). The number of benzene rings is 2. The lowest BCUT2D eigenvalue weighted by Crippen LogP contribution is -2.32. The van der Waals surface area contributed by atoms with Gasteiger partial charge in [0.25, 0.3) is 11.5 Å². The summed E-state index contributed by atoms with van der Waals surface area (Å²) >= 11 is 0. The second-order valence-corrected chi connectivity index (χ2v) is 10.2. The summed E-state index contributed by atoms with van der Waals surface area (Å²) in [6, 6.07) is 11.5. The number of halogens is 1. The molecule has 1 amide bonds. The summed E-state index contributed by atoms with van der Waals surface area (Å²) in [6.07, 6.45) is 0.327. The number of amides is 1. The first-order chi connectivity index (χ1) is 14.8. The highest BCUT2D eigenvalue weighted by molar-refractivity contribution is 8.24. The van der Waals surface area contributed by atoms with Crippen molar-refractivity contribution >= 4 is 27.3 Å². The van der Waals surface area contributed by atoms with E-state index in [4.69, 9.17) is 0 Å². The van der Waals surface area contributed by atoms with Crippen molar-refractivity contribution < 1.29 is 18.3 Å². The Morgan fingerprint density at radius 2 is 1.77 bits per heavy atom. The minimum Gasteiger partial charge on any atom is -0.330 e. The number of fused-ring (bicyclic) bond motifs is 1. The summed E-state index contributed by atoms with van der Waals surface area (Å²) in [5.74, 6) is -0.645.